The van der Waals surface area contributed by atoms with Crippen LogP contribution in [-0.2, 0) is 6.54 Å². The number of nitrogens with one attached hydrogen (secondary N) is 2. The molecule has 1 fully saturated rings. The molecule has 0 aromatic carbocycles. The van der Waals surface area contributed by atoms with E-state index in [9.17, 15) is 0 Å². The maximum atomic E-state index is 5.35. The summed E-state index contributed by atoms with van der Waals surface area (Å²) in [6, 6.07) is 3.38. The molecule has 6 nitrogen and oxygen atoms in total. The molecule has 1 aliphatic rings. The van der Waals surface area contributed by atoms with Gasteiger partial charge in [-0.3, -0.25) is 4.90 Å². The average Bonchev–Trinajstić information content (AvgIpc) is 3.24. The van der Waals surface area contributed by atoms with E-state index in [4.69, 9.17) is 4.52 Å². The van der Waals surface area contributed by atoms with Gasteiger partial charge in [0.05, 0.1) is 5.69 Å². The Morgan fingerprint density at radius 3 is 2.62 bits per heavy atom. The first-order valence-electron chi connectivity index (χ1n) is 9.24. The topological polar surface area (TPSA) is 65.7 Å². The zero-order chi connectivity index (χ0) is 17.5. The highest BCUT2D eigenvalue weighted by Crippen LogP contribution is 2.27. The van der Waals surface area contributed by atoms with Crippen molar-refractivity contribution in [3.05, 3.63) is 17.5 Å². The number of guanidine groups is 1. The van der Waals surface area contributed by atoms with Gasteiger partial charge < -0.3 is 15.2 Å². The Hall–Kier alpha value is -1.56. The Morgan fingerprint density at radius 1 is 1.33 bits per heavy atom. The highest BCUT2D eigenvalue weighted by atomic mass is 16.5. The standard InChI is InChI=1S/C18H33N5O/c1-6-19-18(20-9-10-23(14(4)5)15-7-8-15)21-12-16-11-17(13(2)3)22-24-16/h11,13-15H,6-10,12H2,1-5H3,(H2,19,20,21). The second-order valence-electron chi connectivity index (χ2n) is 7.06. The van der Waals surface area contributed by atoms with Crippen LogP contribution in [0.1, 0.15) is 64.8 Å². The molecular formula is C18H33N5O. The Morgan fingerprint density at radius 2 is 2.08 bits per heavy atom. The van der Waals surface area contributed by atoms with Crippen molar-refractivity contribution in [2.24, 2.45) is 4.99 Å². The molecule has 1 aromatic heterocycles. The van der Waals surface area contributed by atoms with Gasteiger partial charge in [0.25, 0.3) is 0 Å². The van der Waals surface area contributed by atoms with E-state index >= 15 is 0 Å². The highest BCUT2D eigenvalue weighted by molar-refractivity contribution is 5.79. The summed E-state index contributed by atoms with van der Waals surface area (Å²) in [7, 11) is 0. The van der Waals surface area contributed by atoms with Crippen LogP contribution in [0.3, 0.4) is 0 Å². The normalized spacial score (nSPS) is 15.6. The smallest absolute Gasteiger partial charge is 0.191 e. The Balaban J connectivity index is 1.83. The third kappa shape index (κ3) is 5.82. The lowest BCUT2D eigenvalue weighted by atomic mass is 10.1. The molecular weight excluding hydrogens is 302 g/mol. The first-order valence-corrected chi connectivity index (χ1v) is 9.24. The van der Waals surface area contributed by atoms with E-state index in [1.54, 1.807) is 0 Å². The molecule has 0 unspecified atom stereocenters. The van der Waals surface area contributed by atoms with Crippen molar-refractivity contribution in [2.45, 2.75) is 72.0 Å². The summed E-state index contributed by atoms with van der Waals surface area (Å²) in [5.41, 5.74) is 0.982. The molecule has 1 aliphatic carbocycles. The van der Waals surface area contributed by atoms with Crippen LogP contribution in [0.5, 0.6) is 0 Å². The van der Waals surface area contributed by atoms with Crippen LogP contribution in [-0.4, -0.2) is 47.7 Å². The maximum Gasteiger partial charge on any atom is 0.191 e. The van der Waals surface area contributed by atoms with E-state index in [0.29, 0.717) is 18.5 Å². The quantitative estimate of drug-likeness (QED) is 0.536. The lowest BCUT2D eigenvalue weighted by molar-refractivity contribution is 0.215. The molecule has 0 saturated heterocycles. The Kier molecular flexibility index (Phi) is 7.09. The van der Waals surface area contributed by atoms with E-state index in [0.717, 1.165) is 43.1 Å². The fourth-order valence-corrected chi connectivity index (χ4v) is 2.75. The molecule has 2 rings (SSSR count). The molecule has 6 heteroatoms. The second-order valence-corrected chi connectivity index (χ2v) is 7.06. The highest BCUT2D eigenvalue weighted by Gasteiger charge is 2.30. The summed E-state index contributed by atoms with van der Waals surface area (Å²) >= 11 is 0. The monoisotopic (exact) mass is 335 g/mol. The predicted molar refractivity (Wildman–Crippen MR) is 98.3 cm³/mol. The average molecular weight is 335 g/mol. The number of hydrogen-bond acceptors (Lipinski definition) is 4. The minimum atomic E-state index is 0.377. The molecule has 1 aromatic rings. The second kappa shape index (κ2) is 9.06. The van der Waals surface area contributed by atoms with E-state index in [-0.39, 0.29) is 0 Å². The van der Waals surface area contributed by atoms with Crippen LogP contribution in [0, 0.1) is 0 Å². The van der Waals surface area contributed by atoms with Crippen molar-refractivity contribution in [3.8, 4) is 0 Å². The zero-order valence-corrected chi connectivity index (χ0v) is 15.8. The van der Waals surface area contributed by atoms with Gasteiger partial charge >= 0.3 is 0 Å². The summed E-state index contributed by atoms with van der Waals surface area (Å²) in [6.45, 7) is 14.1. The Bertz CT molecular complexity index is 517. The molecule has 1 heterocycles. The molecule has 2 N–H and O–H groups in total. The van der Waals surface area contributed by atoms with E-state index in [1.807, 2.05) is 6.07 Å². The first-order chi connectivity index (χ1) is 11.5. The molecule has 0 aliphatic heterocycles. The maximum absolute atomic E-state index is 5.35. The number of aliphatic imine (C=N–C) groups is 1. The summed E-state index contributed by atoms with van der Waals surface area (Å²) in [5, 5.41) is 10.8. The van der Waals surface area contributed by atoms with Gasteiger partial charge in [0, 0.05) is 37.8 Å². The van der Waals surface area contributed by atoms with E-state index < -0.39 is 0 Å². The molecule has 0 bridgehead atoms. The Labute approximate surface area is 146 Å². The number of aromatic nitrogens is 1. The minimum absolute atomic E-state index is 0.377. The number of rotatable bonds is 9. The van der Waals surface area contributed by atoms with E-state index in [1.165, 1.54) is 12.8 Å². The molecule has 0 atom stereocenters. The van der Waals surface area contributed by atoms with Gasteiger partial charge in [-0.25, -0.2) is 4.99 Å². The molecule has 136 valence electrons. The molecule has 24 heavy (non-hydrogen) atoms. The fourth-order valence-electron chi connectivity index (χ4n) is 2.75. The van der Waals surface area contributed by atoms with Crippen LogP contribution in [0.4, 0.5) is 0 Å². The SMILES string of the molecule is CCNC(=NCc1cc(C(C)C)no1)NCCN(C(C)C)C1CC1. The van der Waals surface area contributed by atoms with Crippen molar-refractivity contribution in [1.29, 1.82) is 0 Å². The third-order valence-corrected chi connectivity index (χ3v) is 4.25. The van der Waals surface area contributed by atoms with Gasteiger partial charge in [-0.05, 0) is 39.5 Å². The summed E-state index contributed by atoms with van der Waals surface area (Å²) in [5.74, 6) is 2.01. The predicted octanol–water partition coefficient (Wildman–Crippen LogP) is 2.73. The summed E-state index contributed by atoms with van der Waals surface area (Å²) < 4.78 is 5.35. The van der Waals surface area contributed by atoms with Crippen molar-refractivity contribution in [1.82, 2.24) is 20.7 Å². The fraction of sp³-hybridized carbons (Fsp3) is 0.778. The summed E-state index contributed by atoms with van der Waals surface area (Å²) in [6.07, 6.45) is 2.69. The van der Waals surface area contributed by atoms with Gasteiger partial charge in [-0.15, -0.1) is 0 Å². The largest absolute Gasteiger partial charge is 0.359 e. The molecule has 1 saturated carbocycles. The van der Waals surface area contributed by atoms with Crippen molar-refractivity contribution < 1.29 is 4.52 Å². The van der Waals surface area contributed by atoms with Gasteiger partial charge in [0.1, 0.15) is 6.54 Å². The molecule has 0 radical (unpaired) electrons. The van der Waals surface area contributed by atoms with Crippen molar-refractivity contribution in [3.63, 3.8) is 0 Å². The number of nitrogens with zero attached hydrogens (tertiary/aromatic N) is 3. The van der Waals surface area contributed by atoms with Crippen LogP contribution in [0.25, 0.3) is 0 Å². The summed E-state index contributed by atoms with van der Waals surface area (Å²) in [4.78, 5) is 7.17. The minimum Gasteiger partial charge on any atom is -0.359 e. The van der Waals surface area contributed by atoms with Gasteiger partial charge in [-0.2, -0.15) is 0 Å². The van der Waals surface area contributed by atoms with Crippen LogP contribution in [0.2, 0.25) is 0 Å². The van der Waals surface area contributed by atoms with Crippen molar-refractivity contribution in [2.75, 3.05) is 19.6 Å². The zero-order valence-electron chi connectivity index (χ0n) is 15.8. The van der Waals surface area contributed by atoms with Crippen LogP contribution < -0.4 is 10.6 Å². The van der Waals surface area contributed by atoms with Gasteiger partial charge in [0.2, 0.25) is 0 Å². The lowest BCUT2D eigenvalue weighted by Crippen LogP contribution is -2.43. The van der Waals surface area contributed by atoms with E-state index in [2.05, 4.69) is 60.3 Å². The lowest BCUT2D eigenvalue weighted by Gasteiger charge is -2.26. The van der Waals surface area contributed by atoms with Crippen molar-refractivity contribution >= 4 is 5.96 Å². The van der Waals surface area contributed by atoms with Crippen LogP contribution in [0.15, 0.2) is 15.6 Å². The number of hydrogen-bond donors (Lipinski definition) is 2. The van der Waals surface area contributed by atoms with Gasteiger partial charge in [0.15, 0.2) is 11.7 Å². The van der Waals surface area contributed by atoms with Crippen LogP contribution >= 0.6 is 0 Å². The third-order valence-electron chi connectivity index (χ3n) is 4.25. The molecule has 0 amide bonds. The van der Waals surface area contributed by atoms with Gasteiger partial charge in [-0.1, -0.05) is 19.0 Å². The first kappa shape index (κ1) is 18.8. The molecule has 0 spiro atoms.